The predicted octanol–water partition coefficient (Wildman–Crippen LogP) is 5.44. The number of methoxy groups -OCH3 is 1. The largest absolute Gasteiger partial charge is 0.503 e. The van der Waals surface area contributed by atoms with Gasteiger partial charge in [-0.3, -0.25) is 4.99 Å². The molecule has 0 aromatic heterocycles. The van der Waals surface area contributed by atoms with Crippen LogP contribution in [0.25, 0.3) is 0 Å². The van der Waals surface area contributed by atoms with Crippen LogP contribution in [0.5, 0.6) is 11.5 Å². The van der Waals surface area contributed by atoms with E-state index in [1.165, 1.54) is 7.11 Å². The van der Waals surface area contributed by atoms with Crippen molar-refractivity contribution in [3.05, 3.63) is 49.3 Å². The monoisotopic (exact) mass is 461 g/mol. The molecule has 0 aliphatic heterocycles. The average Bonchev–Trinajstić information content (AvgIpc) is 2.46. The molecule has 104 valence electrons. The number of rotatable bonds is 3. The summed E-state index contributed by atoms with van der Waals surface area (Å²) in [6, 6.07) is 9.37. The molecule has 0 spiro atoms. The van der Waals surface area contributed by atoms with Gasteiger partial charge in [-0.1, -0.05) is 15.9 Å². The first kappa shape index (κ1) is 15.5. The van der Waals surface area contributed by atoms with Crippen LogP contribution in [0.3, 0.4) is 0 Å². The van der Waals surface area contributed by atoms with E-state index >= 15 is 0 Å². The minimum Gasteiger partial charge on any atom is -0.503 e. The van der Waals surface area contributed by atoms with Gasteiger partial charge < -0.3 is 9.84 Å². The number of nitrogens with zero attached hydrogens (tertiary/aromatic N) is 1. The quantitative estimate of drug-likeness (QED) is 0.616. The predicted molar refractivity (Wildman–Crippen MR) is 91.5 cm³/mol. The first-order chi connectivity index (χ1) is 9.52. The first-order valence-corrected chi connectivity index (χ1v) is 7.95. The minimum atomic E-state index is 0.0557. The Morgan fingerprint density at radius 2 is 1.75 bits per heavy atom. The van der Waals surface area contributed by atoms with Crippen LogP contribution in [0.2, 0.25) is 0 Å². The number of hydrogen-bond acceptors (Lipinski definition) is 3. The van der Waals surface area contributed by atoms with E-state index in [-0.39, 0.29) is 5.75 Å². The molecule has 0 saturated carbocycles. The Bertz CT molecular complexity index is 654. The molecule has 0 aliphatic carbocycles. The van der Waals surface area contributed by atoms with Crippen molar-refractivity contribution in [2.24, 2.45) is 4.99 Å². The zero-order valence-electron chi connectivity index (χ0n) is 10.4. The molecule has 2 aromatic rings. The highest BCUT2D eigenvalue weighted by Crippen LogP contribution is 2.41. The number of aromatic hydroxyl groups is 1. The Balaban J connectivity index is 2.38. The van der Waals surface area contributed by atoms with E-state index in [1.54, 1.807) is 12.3 Å². The van der Waals surface area contributed by atoms with E-state index in [9.17, 15) is 5.11 Å². The molecule has 0 radical (unpaired) electrons. The lowest BCUT2D eigenvalue weighted by atomic mass is 10.2. The molecule has 0 unspecified atom stereocenters. The molecule has 2 rings (SSSR count). The van der Waals surface area contributed by atoms with Crippen LogP contribution in [0.15, 0.2) is 48.7 Å². The summed E-state index contributed by atoms with van der Waals surface area (Å²) >= 11 is 10.1. The molecule has 3 nitrogen and oxygen atoms in total. The standard InChI is InChI=1S/C14H10Br3NO2/c1-20-11-6-8(12(16)13(17)14(11)19)7-18-10-4-2-9(15)3-5-10/h2-7,19H,1H3. The van der Waals surface area contributed by atoms with Crippen LogP contribution in [0, 0.1) is 0 Å². The molecule has 1 N–H and O–H groups in total. The fourth-order valence-corrected chi connectivity index (χ4v) is 2.63. The highest BCUT2D eigenvalue weighted by atomic mass is 79.9. The maximum atomic E-state index is 9.87. The molecule has 0 fully saturated rings. The van der Waals surface area contributed by atoms with Gasteiger partial charge in [0.2, 0.25) is 0 Å². The van der Waals surface area contributed by atoms with Gasteiger partial charge in [-0.15, -0.1) is 0 Å². The summed E-state index contributed by atoms with van der Waals surface area (Å²) in [4.78, 5) is 4.39. The molecule has 20 heavy (non-hydrogen) atoms. The number of phenolic OH excluding ortho intramolecular Hbond substituents is 1. The first-order valence-electron chi connectivity index (χ1n) is 5.57. The van der Waals surface area contributed by atoms with Gasteiger partial charge in [-0.25, -0.2) is 0 Å². The van der Waals surface area contributed by atoms with Crippen molar-refractivity contribution in [1.82, 2.24) is 0 Å². The van der Waals surface area contributed by atoms with E-state index in [0.717, 1.165) is 20.2 Å². The van der Waals surface area contributed by atoms with Crippen LogP contribution < -0.4 is 4.74 Å². The average molecular weight is 464 g/mol. The second-order valence-corrected chi connectivity index (χ2v) is 6.38. The van der Waals surface area contributed by atoms with Crippen LogP contribution >= 0.6 is 47.8 Å². The Hall–Kier alpha value is -0.850. The minimum absolute atomic E-state index is 0.0557. The van der Waals surface area contributed by atoms with Crippen LogP contribution in [0.1, 0.15) is 5.56 Å². The second-order valence-electron chi connectivity index (χ2n) is 3.88. The summed E-state index contributed by atoms with van der Waals surface area (Å²) in [5, 5.41) is 9.87. The van der Waals surface area contributed by atoms with Crippen molar-refractivity contribution in [2.75, 3.05) is 7.11 Å². The molecule has 0 atom stereocenters. The van der Waals surface area contributed by atoms with Crippen molar-refractivity contribution in [3.8, 4) is 11.5 Å². The van der Waals surface area contributed by atoms with Gasteiger partial charge in [0.25, 0.3) is 0 Å². The summed E-state index contributed by atoms with van der Waals surface area (Å²) < 4.78 is 7.38. The van der Waals surface area contributed by atoms with E-state index in [4.69, 9.17) is 4.74 Å². The summed E-state index contributed by atoms with van der Waals surface area (Å²) in [5.74, 6) is 0.442. The number of halogens is 3. The Kier molecular flexibility index (Phi) is 5.23. The number of ether oxygens (including phenoxy) is 1. The Morgan fingerprint density at radius 3 is 2.35 bits per heavy atom. The van der Waals surface area contributed by atoms with Crippen molar-refractivity contribution in [2.45, 2.75) is 0 Å². The van der Waals surface area contributed by atoms with Crippen molar-refractivity contribution in [3.63, 3.8) is 0 Å². The third-order valence-electron chi connectivity index (χ3n) is 2.57. The lowest BCUT2D eigenvalue weighted by molar-refractivity contribution is 0.371. The summed E-state index contributed by atoms with van der Waals surface area (Å²) in [6.45, 7) is 0. The SMILES string of the molecule is COc1cc(C=Nc2ccc(Br)cc2)c(Br)c(Br)c1O. The molecule has 2 aromatic carbocycles. The Morgan fingerprint density at radius 1 is 1.10 bits per heavy atom. The zero-order valence-corrected chi connectivity index (χ0v) is 15.2. The molecule has 0 aliphatic rings. The molecule has 0 saturated heterocycles. The van der Waals surface area contributed by atoms with Gasteiger partial charge >= 0.3 is 0 Å². The maximum Gasteiger partial charge on any atom is 0.173 e. The summed E-state index contributed by atoms with van der Waals surface area (Å²) in [7, 11) is 1.51. The smallest absolute Gasteiger partial charge is 0.173 e. The molecule has 0 heterocycles. The van der Waals surface area contributed by atoms with Gasteiger partial charge in [0, 0.05) is 20.7 Å². The van der Waals surface area contributed by atoms with Crippen LogP contribution in [-0.2, 0) is 0 Å². The van der Waals surface area contributed by atoms with Gasteiger partial charge in [-0.2, -0.15) is 0 Å². The van der Waals surface area contributed by atoms with Crippen LogP contribution in [-0.4, -0.2) is 18.4 Å². The fourth-order valence-electron chi connectivity index (χ4n) is 1.53. The van der Waals surface area contributed by atoms with E-state index in [2.05, 4.69) is 52.8 Å². The lowest BCUT2D eigenvalue weighted by Crippen LogP contribution is -1.91. The highest BCUT2D eigenvalue weighted by Gasteiger charge is 2.13. The van der Waals surface area contributed by atoms with Gasteiger partial charge in [0.05, 0.1) is 17.3 Å². The molecule has 0 amide bonds. The second kappa shape index (κ2) is 6.74. The molecular weight excluding hydrogens is 454 g/mol. The Labute approximate surface area is 142 Å². The zero-order chi connectivity index (χ0) is 14.7. The number of hydrogen-bond donors (Lipinski definition) is 1. The third kappa shape index (κ3) is 3.42. The third-order valence-corrected chi connectivity index (χ3v) is 5.26. The van der Waals surface area contributed by atoms with Gasteiger partial charge in [-0.05, 0) is 62.2 Å². The number of aliphatic imine (C=N–C) groups is 1. The normalized spacial score (nSPS) is 11.0. The molecule has 0 bridgehead atoms. The van der Waals surface area contributed by atoms with Crippen molar-refractivity contribution < 1.29 is 9.84 Å². The summed E-state index contributed by atoms with van der Waals surface area (Å²) in [5.41, 5.74) is 1.64. The highest BCUT2D eigenvalue weighted by molar-refractivity contribution is 9.13. The van der Waals surface area contributed by atoms with Crippen LogP contribution in [0.4, 0.5) is 5.69 Å². The van der Waals surface area contributed by atoms with Crippen molar-refractivity contribution in [1.29, 1.82) is 0 Å². The number of phenols is 1. The van der Waals surface area contributed by atoms with Gasteiger partial charge in [0.15, 0.2) is 11.5 Å². The lowest BCUT2D eigenvalue weighted by Gasteiger charge is -2.09. The maximum absolute atomic E-state index is 9.87. The van der Waals surface area contributed by atoms with Crippen molar-refractivity contribution >= 4 is 59.7 Å². The fraction of sp³-hybridized carbons (Fsp3) is 0.0714. The van der Waals surface area contributed by atoms with E-state index < -0.39 is 0 Å². The number of benzene rings is 2. The summed E-state index contributed by atoms with van der Waals surface area (Å²) in [6.07, 6.45) is 1.71. The topological polar surface area (TPSA) is 41.8 Å². The van der Waals surface area contributed by atoms with Gasteiger partial charge in [0.1, 0.15) is 0 Å². The van der Waals surface area contributed by atoms with E-state index in [1.807, 2.05) is 24.3 Å². The molecular formula is C14H10Br3NO2. The molecule has 6 heteroatoms. The van der Waals surface area contributed by atoms with E-state index in [0.29, 0.717) is 10.2 Å².